The molecule has 6 heteroatoms. The normalized spacial score (nSPS) is 21.6. The van der Waals surface area contributed by atoms with Crippen LogP contribution in [-0.4, -0.2) is 47.7 Å². The van der Waals surface area contributed by atoms with Crippen LogP contribution in [0.2, 0.25) is 0 Å². The summed E-state index contributed by atoms with van der Waals surface area (Å²) in [6, 6.07) is -0.785. The lowest BCUT2D eigenvalue weighted by molar-refractivity contribution is -0.139. The molecule has 0 aromatic carbocycles. The van der Waals surface area contributed by atoms with Gasteiger partial charge >= 0.3 is 5.97 Å². The number of nitrogens with one attached hydrogen (secondary N) is 1. The molecular weight excluding hydrogens is 230 g/mol. The number of aliphatic carboxylic acids is 1. The van der Waals surface area contributed by atoms with Crippen LogP contribution in [0, 0.1) is 0 Å². The summed E-state index contributed by atoms with van der Waals surface area (Å²) in [6.45, 7) is 0.847. The van der Waals surface area contributed by atoms with Crippen molar-refractivity contribution in [2.75, 3.05) is 18.1 Å². The minimum absolute atomic E-state index is 0.342. The van der Waals surface area contributed by atoms with E-state index in [1.165, 1.54) is 11.8 Å². The maximum atomic E-state index is 10.7. The molecule has 0 radical (unpaired) electrons. The maximum Gasteiger partial charge on any atom is 0.327 e. The van der Waals surface area contributed by atoms with Crippen LogP contribution in [0.15, 0.2) is 0 Å². The van der Waals surface area contributed by atoms with Gasteiger partial charge in [-0.2, -0.15) is 11.8 Å². The summed E-state index contributed by atoms with van der Waals surface area (Å²) in [5.74, 6) is 0.284. The number of hydrogen-bond acceptors (Lipinski definition) is 4. The average Bonchev–Trinajstić information content (AvgIpc) is 2.75. The molecule has 0 aliphatic carbocycles. The number of hydrogen-bond donors (Lipinski definition) is 2. The van der Waals surface area contributed by atoms with Gasteiger partial charge in [0.1, 0.15) is 6.04 Å². The molecule has 0 spiro atoms. The first-order valence-electron chi connectivity index (χ1n) is 5.36. The van der Waals surface area contributed by atoms with Gasteiger partial charge in [-0.3, -0.25) is 4.79 Å². The maximum absolute atomic E-state index is 10.7. The van der Waals surface area contributed by atoms with Crippen LogP contribution in [0.5, 0.6) is 0 Å². The van der Waals surface area contributed by atoms with Gasteiger partial charge in [0.2, 0.25) is 6.41 Å². The molecule has 16 heavy (non-hydrogen) atoms. The minimum atomic E-state index is -0.989. The summed E-state index contributed by atoms with van der Waals surface area (Å²) in [5.41, 5.74) is 0. The molecule has 0 bridgehead atoms. The van der Waals surface area contributed by atoms with Gasteiger partial charge in [-0.15, -0.1) is 0 Å². The Morgan fingerprint density at radius 1 is 1.69 bits per heavy atom. The first kappa shape index (κ1) is 13.3. The van der Waals surface area contributed by atoms with Gasteiger partial charge in [0.15, 0.2) is 0 Å². The summed E-state index contributed by atoms with van der Waals surface area (Å²) in [7, 11) is 0. The van der Waals surface area contributed by atoms with Crippen molar-refractivity contribution in [2.24, 2.45) is 0 Å². The quantitative estimate of drug-likeness (QED) is 0.482. The lowest BCUT2D eigenvalue weighted by Crippen LogP contribution is -2.37. The second kappa shape index (κ2) is 7.51. The number of carbonyl (C=O) groups excluding carboxylic acids is 1. The van der Waals surface area contributed by atoms with Crippen LogP contribution in [0.4, 0.5) is 0 Å². The number of thioether (sulfide) groups is 1. The zero-order valence-electron chi connectivity index (χ0n) is 9.05. The van der Waals surface area contributed by atoms with Crippen LogP contribution in [0.3, 0.4) is 0 Å². The number of carboxylic acid groups (broad SMARTS) is 1. The molecule has 92 valence electrons. The lowest BCUT2D eigenvalue weighted by atomic mass is 10.2. The monoisotopic (exact) mass is 247 g/mol. The standard InChI is InChI=1S/C10H17NO4S/c12-7-11-9(10(13)14)6-16-5-3-8-2-1-4-15-8/h7-9H,1-6H2,(H,11,12)(H,13,14). The Balaban J connectivity index is 2.07. The van der Waals surface area contributed by atoms with Crippen molar-refractivity contribution in [3.8, 4) is 0 Å². The Labute approximate surface area is 98.9 Å². The number of amides is 1. The SMILES string of the molecule is O=CNC(CSCCC1CCCO1)C(=O)O. The largest absolute Gasteiger partial charge is 0.480 e. The number of ether oxygens (including phenoxy) is 1. The molecule has 1 amide bonds. The van der Waals surface area contributed by atoms with E-state index in [2.05, 4.69) is 5.32 Å². The molecule has 1 aliphatic rings. The molecule has 5 nitrogen and oxygen atoms in total. The van der Waals surface area contributed by atoms with Gasteiger partial charge in [0.25, 0.3) is 0 Å². The van der Waals surface area contributed by atoms with Gasteiger partial charge < -0.3 is 15.2 Å². The topological polar surface area (TPSA) is 75.6 Å². The fourth-order valence-electron chi connectivity index (χ4n) is 1.56. The molecule has 1 aliphatic heterocycles. The van der Waals surface area contributed by atoms with Crippen LogP contribution in [0.1, 0.15) is 19.3 Å². The first-order chi connectivity index (χ1) is 7.74. The van der Waals surface area contributed by atoms with Crippen LogP contribution >= 0.6 is 11.8 Å². The minimum Gasteiger partial charge on any atom is -0.480 e. The van der Waals surface area contributed by atoms with E-state index >= 15 is 0 Å². The molecule has 2 N–H and O–H groups in total. The summed E-state index contributed by atoms with van der Waals surface area (Å²) < 4.78 is 5.45. The van der Waals surface area contributed by atoms with E-state index in [1.54, 1.807) is 0 Å². The lowest BCUT2D eigenvalue weighted by Gasteiger charge is -2.12. The second-order valence-corrected chi connectivity index (χ2v) is 4.82. The fourth-order valence-corrected chi connectivity index (χ4v) is 2.63. The Bertz CT molecular complexity index is 231. The Morgan fingerprint density at radius 2 is 2.50 bits per heavy atom. The highest BCUT2D eigenvalue weighted by Gasteiger charge is 2.18. The van der Waals surface area contributed by atoms with E-state index in [0.717, 1.165) is 31.6 Å². The Kier molecular flexibility index (Phi) is 6.25. The summed E-state index contributed by atoms with van der Waals surface area (Å²) >= 11 is 1.53. The van der Waals surface area contributed by atoms with Crippen molar-refractivity contribution in [2.45, 2.75) is 31.4 Å². The highest BCUT2D eigenvalue weighted by molar-refractivity contribution is 7.99. The molecule has 2 atom stereocenters. The third-order valence-corrected chi connectivity index (χ3v) is 3.55. The molecular formula is C10H17NO4S. The molecule has 0 aromatic heterocycles. The van der Waals surface area contributed by atoms with E-state index in [4.69, 9.17) is 9.84 Å². The molecule has 1 rings (SSSR count). The summed E-state index contributed by atoms with van der Waals surface area (Å²) in [5, 5.41) is 11.0. The molecule has 1 heterocycles. The average molecular weight is 247 g/mol. The van der Waals surface area contributed by atoms with Gasteiger partial charge in [0, 0.05) is 12.4 Å². The molecule has 1 saturated heterocycles. The van der Waals surface area contributed by atoms with E-state index in [9.17, 15) is 9.59 Å². The van der Waals surface area contributed by atoms with E-state index in [0.29, 0.717) is 18.3 Å². The van der Waals surface area contributed by atoms with Gasteiger partial charge in [-0.1, -0.05) is 0 Å². The highest BCUT2D eigenvalue weighted by atomic mass is 32.2. The van der Waals surface area contributed by atoms with Crippen molar-refractivity contribution in [3.05, 3.63) is 0 Å². The fraction of sp³-hybridized carbons (Fsp3) is 0.800. The summed E-state index contributed by atoms with van der Waals surface area (Å²) in [6.07, 6.45) is 3.96. The molecule has 0 saturated carbocycles. The van der Waals surface area contributed by atoms with E-state index in [-0.39, 0.29) is 0 Å². The van der Waals surface area contributed by atoms with Crippen molar-refractivity contribution >= 4 is 24.1 Å². The molecule has 2 unspecified atom stereocenters. The zero-order valence-corrected chi connectivity index (χ0v) is 9.87. The van der Waals surface area contributed by atoms with Crippen molar-refractivity contribution in [3.63, 3.8) is 0 Å². The Morgan fingerprint density at radius 3 is 3.06 bits per heavy atom. The summed E-state index contributed by atoms with van der Waals surface area (Å²) in [4.78, 5) is 20.8. The molecule has 0 aromatic rings. The van der Waals surface area contributed by atoms with Gasteiger partial charge in [0.05, 0.1) is 6.10 Å². The first-order valence-corrected chi connectivity index (χ1v) is 6.51. The van der Waals surface area contributed by atoms with Crippen molar-refractivity contribution < 1.29 is 19.4 Å². The van der Waals surface area contributed by atoms with E-state index in [1.807, 2.05) is 0 Å². The van der Waals surface area contributed by atoms with Gasteiger partial charge in [-0.25, -0.2) is 4.79 Å². The third kappa shape index (κ3) is 4.85. The number of carboxylic acids is 1. The number of rotatable bonds is 8. The van der Waals surface area contributed by atoms with Gasteiger partial charge in [-0.05, 0) is 25.0 Å². The van der Waals surface area contributed by atoms with Crippen LogP contribution in [0.25, 0.3) is 0 Å². The van der Waals surface area contributed by atoms with Crippen molar-refractivity contribution in [1.29, 1.82) is 0 Å². The Hall–Kier alpha value is -0.750. The smallest absolute Gasteiger partial charge is 0.327 e. The van der Waals surface area contributed by atoms with Crippen LogP contribution < -0.4 is 5.32 Å². The predicted octanol–water partition coefficient (Wildman–Crippen LogP) is 0.488. The third-order valence-electron chi connectivity index (χ3n) is 2.46. The van der Waals surface area contributed by atoms with Crippen LogP contribution in [-0.2, 0) is 14.3 Å². The van der Waals surface area contributed by atoms with E-state index < -0.39 is 12.0 Å². The predicted molar refractivity (Wildman–Crippen MR) is 61.5 cm³/mol. The molecule has 1 fully saturated rings. The highest BCUT2D eigenvalue weighted by Crippen LogP contribution is 2.17. The zero-order chi connectivity index (χ0) is 11.8. The number of carbonyl (C=O) groups is 2. The second-order valence-electron chi connectivity index (χ2n) is 3.67. The van der Waals surface area contributed by atoms with Crippen molar-refractivity contribution in [1.82, 2.24) is 5.32 Å².